The fraction of sp³-hybridized carbons (Fsp3) is 0.300. The highest BCUT2D eigenvalue weighted by Gasteiger charge is 2.10. The van der Waals surface area contributed by atoms with Crippen LogP contribution in [0.2, 0.25) is 0 Å². The van der Waals surface area contributed by atoms with Gasteiger partial charge < -0.3 is 10.6 Å². The van der Waals surface area contributed by atoms with Crippen LogP contribution in [0.15, 0.2) is 53.4 Å². The van der Waals surface area contributed by atoms with E-state index >= 15 is 0 Å². The van der Waals surface area contributed by atoms with Gasteiger partial charge in [0.2, 0.25) is 0 Å². The van der Waals surface area contributed by atoms with Gasteiger partial charge in [0.25, 0.3) is 11.8 Å². The molecular formula is C20H24N2O2S. The summed E-state index contributed by atoms with van der Waals surface area (Å²) >= 11 is 1.64. The summed E-state index contributed by atoms with van der Waals surface area (Å²) in [5.74, 6) is -0.211. The minimum absolute atomic E-state index is 0.0878. The molecule has 2 aromatic carbocycles. The Balaban J connectivity index is 1.97. The van der Waals surface area contributed by atoms with Gasteiger partial charge in [-0.05, 0) is 61.6 Å². The number of carbonyl (C=O) groups excluding carboxylic acids is 2. The molecule has 1 unspecified atom stereocenters. The van der Waals surface area contributed by atoms with E-state index in [2.05, 4.69) is 10.6 Å². The quantitative estimate of drug-likeness (QED) is 0.741. The molecule has 0 heterocycles. The molecule has 0 radical (unpaired) electrons. The van der Waals surface area contributed by atoms with Crippen molar-refractivity contribution in [3.8, 4) is 0 Å². The second kappa shape index (κ2) is 9.28. The number of hydrogen-bond donors (Lipinski definition) is 2. The van der Waals surface area contributed by atoms with Gasteiger partial charge in [-0.25, -0.2) is 0 Å². The molecule has 132 valence electrons. The van der Waals surface area contributed by atoms with Crippen molar-refractivity contribution in [2.45, 2.75) is 37.8 Å². The first kappa shape index (κ1) is 19.1. The number of thioether (sulfide) groups is 1. The first-order valence-corrected chi connectivity index (χ1v) is 9.58. The highest BCUT2D eigenvalue weighted by atomic mass is 32.2. The van der Waals surface area contributed by atoms with E-state index in [4.69, 9.17) is 0 Å². The van der Waals surface area contributed by atoms with E-state index in [9.17, 15) is 9.59 Å². The van der Waals surface area contributed by atoms with Gasteiger partial charge in [-0.15, -0.1) is 11.8 Å². The van der Waals surface area contributed by atoms with Crippen molar-refractivity contribution >= 4 is 23.6 Å². The van der Waals surface area contributed by atoms with Gasteiger partial charge in [-0.3, -0.25) is 9.59 Å². The molecule has 1 atom stereocenters. The van der Waals surface area contributed by atoms with Gasteiger partial charge in [0.05, 0.1) is 0 Å². The molecule has 2 amide bonds. The van der Waals surface area contributed by atoms with Gasteiger partial charge in [0, 0.05) is 28.6 Å². The third-order valence-electron chi connectivity index (χ3n) is 3.98. The Morgan fingerprint density at radius 2 is 1.76 bits per heavy atom. The van der Waals surface area contributed by atoms with Crippen molar-refractivity contribution in [1.82, 2.24) is 10.6 Å². The average Bonchev–Trinajstić information content (AvgIpc) is 2.66. The molecule has 2 N–H and O–H groups in total. The lowest BCUT2D eigenvalue weighted by atomic mass is 10.1. The summed E-state index contributed by atoms with van der Waals surface area (Å²) in [4.78, 5) is 25.5. The predicted molar refractivity (Wildman–Crippen MR) is 103 cm³/mol. The molecule has 0 aliphatic rings. The molecule has 2 aromatic rings. The van der Waals surface area contributed by atoms with E-state index in [1.54, 1.807) is 17.8 Å². The smallest absolute Gasteiger partial charge is 0.251 e. The highest BCUT2D eigenvalue weighted by Crippen LogP contribution is 2.15. The molecule has 4 nitrogen and oxygen atoms in total. The van der Waals surface area contributed by atoms with Crippen LogP contribution in [0, 0.1) is 0 Å². The van der Waals surface area contributed by atoms with Crippen LogP contribution < -0.4 is 10.6 Å². The van der Waals surface area contributed by atoms with Crippen molar-refractivity contribution in [1.29, 1.82) is 0 Å². The van der Waals surface area contributed by atoms with Crippen LogP contribution in [-0.2, 0) is 6.54 Å². The van der Waals surface area contributed by atoms with E-state index in [0.717, 1.165) is 16.9 Å². The second-order valence-corrected chi connectivity index (χ2v) is 6.77. The molecule has 0 aromatic heterocycles. The topological polar surface area (TPSA) is 58.2 Å². The lowest BCUT2D eigenvalue weighted by Crippen LogP contribution is -2.32. The van der Waals surface area contributed by atoms with Crippen molar-refractivity contribution < 1.29 is 9.59 Å². The fourth-order valence-electron chi connectivity index (χ4n) is 2.26. The van der Waals surface area contributed by atoms with Crippen LogP contribution in [0.1, 0.15) is 46.5 Å². The Hall–Kier alpha value is -2.27. The molecule has 0 aliphatic carbocycles. The second-order valence-electron chi connectivity index (χ2n) is 5.89. The summed E-state index contributed by atoms with van der Waals surface area (Å²) in [5, 5.41) is 5.84. The number of nitrogens with one attached hydrogen (secondary N) is 2. The average molecular weight is 356 g/mol. The summed E-state index contributed by atoms with van der Waals surface area (Å²) in [6.45, 7) is 4.39. The molecule has 5 heteroatoms. The lowest BCUT2D eigenvalue weighted by molar-refractivity contribution is 0.0936. The van der Waals surface area contributed by atoms with Crippen LogP contribution in [0.3, 0.4) is 0 Å². The Morgan fingerprint density at radius 3 is 2.40 bits per heavy atom. The summed E-state index contributed by atoms with van der Waals surface area (Å²) in [7, 11) is 0. The SMILES string of the molecule is CCC(C)NC(=O)c1cccc(CNC(=O)c2ccc(SC)cc2)c1. The number of hydrogen-bond acceptors (Lipinski definition) is 3. The Kier molecular flexibility index (Phi) is 7.07. The fourth-order valence-corrected chi connectivity index (χ4v) is 2.67. The molecule has 0 spiro atoms. The predicted octanol–water partition coefficient (Wildman–Crippen LogP) is 3.87. The standard InChI is InChI=1S/C20H24N2O2S/c1-4-14(2)22-20(24)17-7-5-6-15(12-17)13-21-19(23)16-8-10-18(25-3)11-9-16/h5-12,14H,4,13H2,1-3H3,(H,21,23)(H,22,24). The molecule has 2 rings (SSSR count). The maximum absolute atomic E-state index is 12.2. The third-order valence-corrected chi connectivity index (χ3v) is 4.73. The number of carbonyl (C=O) groups is 2. The van der Waals surface area contributed by atoms with Crippen molar-refractivity contribution in [2.75, 3.05) is 6.26 Å². The molecule has 0 bridgehead atoms. The zero-order chi connectivity index (χ0) is 18.2. The van der Waals surface area contributed by atoms with Crippen molar-refractivity contribution in [3.05, 3.63) is 65.2 Å². The van der Waals surface area contributed by atoms with Crippen LogP contribution >= 0.6 is 11.8 Å². The third kappa shape index (κ3) is 5.64. The van der Waals surface area contributed by atoms with Crippen molar-refractivity contribution in [3.63, 3.8) is 0 Å². The Labute approximate surface area is 153 Å². The molecule has 25 heavy (non-hydrogen) atoms. The maximum atomic E-state index is 12.2. The van der Waals surface area contributed by atoms with Gasteiger partial charge in [0.15, 0.2) is 0 Å². The minimum atomic E-state index is -0.123. The van der Waals surface area contributed by atoms with Crippen LogP contribution in [-0.4, -0.2) is 24.1 Å². The number of amides is 2. The highest BCUT2D eigenvalue weighted by molar-refractivity contribution is 7.98. The lowest BCUT2D eigenvalue weighted by Gasteiger charge is -2.12. The molecule has 0 saturated carbocycles. The van der Waals surface area contributed by atoms with E-state index in [0.29, 0.717) is 17.7 Å². The first-order chi connectivity index (χ1) is 12.0. The van der Waals surface area contributed by atoms with Crippen LogP contribution in [0.25, 0.3) is 0 Å². The van der Waals surface area contributed by atoms with Crippen molar-refractivity contribution in [2.24, 2.45) is 0 Å². The van der Waals surface area contributed by atoms with Crippen LogP contribution in [0.5, 0.6) is 0 Å². The van der Waals surface area contributed by atoms with E-state index in [1.807, 2.05) is 62.6 Å². The summed E-state index contributed by atoms with van der Waals surface area (Å²) < 4.78 is 0. The van der Waals surface area contributed by atoms with E-state index in [-0.39, 0.29) is 17.9 Å². The van der Waals surface area contributed by atoms with E-state index in [1.165, 1.54) is 0 Å². The summed E-state index contributed by atoms with van der Waals surface area (Å²) in [6, 6.07) is 15.0. The maximum Gasteiger partial charge on any atom is 0.251 e. The van der Waals surface area contributed by atoms with Gasteiger partial charge >= 0.3 is 0 Å². The van der Waals surface area contributed by atoms with Gasteiger partial charge in [0.1, 0.15) is 0 Å². The first-order valence-electron chi connectivity index (χ1n) is 8.35. The Bertz CT molecular complexity index is 729. The largest absolute Gasteiger partial charge is 0.350 e. The zero-order valence-corrected chi connectivity index (χ0v) is 15.7. The zero-order valence-electron chi connectivity index (χ0n) is 14.8. The molecule has 0 fully saturated rings. The van der Waals surface area contributed by atoms with Gasteiger partial charge in [-0.2, -0.15) is 0 Å². The monoisotopic (exact) mass is 356 g/mol. The summed E-state index contributed by atoms with van der Waals surface area (Å²) in [6.07, 6.45) is 2.89. The number of benzene rings is 2. The normalized spacial score (nSPS) is 11.6. The van der Waals surface area contributed by atoms with Crippen LogP contribution in [0.4, 0.5) is 0 Å². The number of rotatable bonds is 7. The minimum Gasteiger partial charge on any atom is -0.350 e. The molecular weight excluding hydrogens is 332 g/mol. The van der Waals surface area contributed by atoms with Gasteiger partial charge in [-0.1, -0.05) is 19.1 Å². The summed E-state index contributed by atoms with van der Waals surface area (Å²) in [5.41, 5.74) is 2.13. The molecule has 0 aliphatic heterocycles. The molecule has 0 saturated heterocycles. The van der Waals surface area contributed by atoms with E-state index < -0.39 is 0 Å². The Morgan fingerprint density at radius 1 is 1.04 bits per heavy atom.